The highest BCUT2D eigenvalue weighted by Gasteiger charge is 2.35. The van der Waals surface area contributed by atoms with Gasteiger partial charge in [0.25, 0.3) is 0 Å². The molecule has 0 radical (unpaired) electrons. The van der Waals surface area contributed by atoms with E-state index in [1.165, 1.54) is 0 Å². The van der Waals surface area contributed by atoms with Crippen molar-refractivity contribution in [2.45, 2.75) is 53.1 Å². The molecule has 4 heterocycles. The summed E-state index contributed by atoms with van der Waals surface area (Å²) in [6, 6.07) is 7.93. The normalized spacial score (nSPS) is 14.8. The number of nitrogens with one attached hydrogen (secondary N) is 1. The number of hydrogen-bond donors (Lipinski definition) is 1. The molecule has 0 bridgehead atoms. The molecule has 218 valence electrons. The number of carbonyl (C=O) groups is 1. The molecule has 0 saturated carbocycles. The maximum absolute atomic E-state index is 11.7. The van der Waals surface area contributed by atoms with Gasteiger partial charge in [-0.3, -0.25) is 4.79 Å². The molecule has 0 atom stereocenters. The van der Waals surface area contributed by atoms with Crippen molar-refractivity contribution >= 4 is 29.4 Å². The van der Waals surface area contributed by atoms with Gasteiger partial charge < -0.3 is 29.5 Å². The van der Waals surface area contributed by atoms with E-state index in [9.17, 15) is 4.79 Å². The third-order valence-electron chi connectivity index (χ3n) is 7.80. The molecule has 5 rings (SSSR count). The van der Waals surface area contributed by atoms with Crippen molar-refractivity contribution in [3.05, 3.63) is 42.4 Å². The number of carbonyl (C=O) groups excluding carboxylic acids is 1. The molecule has 10 nitrogen and oxygen atoms in total. The smallest absolute Gasteiger partial charge is 0.237 e. The molecule has 0 aliphatic carbocycles. The number of pyridine rings is 1. The number of anilines is 4. The second kappa shape index (κ2) is 12.3. The summed E-state index contributed by atoms with van der Waals surface area (Å²) < 4.78 is 12.3. The van der Waals surface area contributed by atoms with E-state index in [-0.39, 0.29) is 0 Å². The largest absolute Gasteiger partial charge is 0.481 e. The molecule has 3 aromatic rings. The van der Waals surface area contributed by atoms with Gasteiger partial charge in [-0.25, -0.2) is 15.0 Å². The number of ether oxygens (including phenoxy) is 2. The lowest BCUT2D eigenvalue weighted by molar-refractivity contribution is -0.107. The third-order valence-corrected chi connectivity index (χ3v) is 7.80. The fourth-order valence-electron chi connectivity index (χ4n) is 5.37. The fourth-order valence-corrected chi connectivity index (χ4v) is 5.37. The van der Waals surface area contributed by atoms with Crippen LogP contribution in [0.1, 0.15) is 53.2 Å². The van der Waals surface area contributed by atoms with Crippen LogP contribution in [0.5, 0.6) is 11.6 Å². The number of hydrogen-bond acceptors (Lipinski definition) is 9. The Kier molecular flexibility index (Phi) is 8.58. The molecule has 1 amide bonds. The van der Waals surface area contributed by atoms with E-state index in [1.54, 1.807) is 11.1 Å². The lowest BCUT2D eigenvalue weighted by Gasteiger charge is -2.34. The molecule has 0 saturated heterocycles. The maximum atomic E-state index is 11.7. The second-order valence-corrected chi connectivity index (χ2v) is 10.9. The topological polar surface area (TPSA) is 96.0 Å². The molecule has 10 heteroatoms. The van der Waals surface area contributed by atoms with Crippen molar-refractivity contribution in [1.29, 1.82) is 0 Å². The Hall–Kier alpha value is -3.92. The van der Waals surface area contributed by atoms with E-state index < -0.39 is 5.60 Å². The summed E-state index contributed by atoms with van der Waals surface area (Å²) in [5.74, 6) is 1.85. The number of unbranched alkanes of at least 4 members (excludes halogenated alkanes) is 1. The highest BCUT2D eigenvalue weighted by Crippen LogP contribution is 2.45. The quantitative estimate of drug-likeness (QED) is 0.300. The van der Waals surface area contributed by atoms with E-state index in [4.69, 9.17) is 14.5 Å². The van der Waals surface area contributed by atoms with Gasteiger partial charge in [0.1, 0.15) is 23.6 Å². The van der Waals surface area contributed by atoms with Crippen LogP contribution >= 0.6 is 0 Å². The Bertz CT molecular complexity index is 1380. The average Bonchev–Trinajstić information content (AvgIpc) is 2.98. The zero-order chi connectivity index (χ0) is 29.0. The number of aromatic nitrogens is 3. The van der Waals surface area contributed by atoms with Crippen LogP contribution in [0.15, 0.2) is 36.7 Å². The number of fused-ring (bicyclic) bond motifs is 4. The Labute approximate surface area is 242 Å². The summed E-state index contributed by atoms with van der Waals surface area (Å²) in [4.78, 5) is 32.3. The van der Waals surface area contributed by atoms with Gasteiger partial charge in [-0.1, -0.05) is 27.2 Å². The zero-order valence-corrected chi connectivity index (χ0v) is 24.8. The highest BCUT2D eigenvalue weighted by molar-refractivity contribution is 5.82. The molecule has 2 aliphatic heterocycles. The van der Waals surface area contributed by atoms with Crippen LogP contribution in [-0.2, 0) is 10.4 Å². The van der Waals surface area contributed by atoms with Crippen LogP contribution in [0.3, 0.4) is 0 Å². The van der Waals surface area contributed by atoms with Crippen molar-refractivity contribution in [2.24, 2.45) is 0 Å². The van der Waals surface area contributed by atoms with Gasteiger partial charge in [0.15, 0.2) is 0 Å². The van der Waals surface area contributed by atoms with Crippen LogP contribution in [-0.4, -0.2) is 72.1 Å². The molecule has 0 spiro atoms. The third kappa shape index (κ3) is 6.07. The number of amides is 1. The van der Waals surface area contributed by atoms with Gasteiger partial charge in [-0.05, 0) is 51.6 Å². The minimum absolute atomic E-state index is 0.473. The molecule has 0 fully saturated rings. The van der Waals surface area contributed by atoms with Crippen molar-refractivity contribution in [3.8, 4) is 22.8 Å². The van der Waals surface area contributed by atoms with Gasteiger partial charge in [0.05, 0.1) is 24.1 Å². The van der Waals surface area contributed by atoms with Crippen LogP contribution in [0.2, 0.25) is 0 Å². The summed E-state index contributed by atoms with van der Waals surface area (Å²) in [6.45, 7) is 16.6. The standard InChI is InChI=1S/C31H41N7O3/c1-6-9-12-38(21-39)23-10-11-24-25-20-33-30(35-28(25)31(4,5)41-27(24)18-23)34-22-17-26-29(32-19-22)40-16-15-37(26)14-13-36(7-2)8-3/h10-11,17-21H,6-9,12-16H2,1-5H3,(H,33,34,35). The van der Waals surface area contributed by atoms with Crippen LogP contribution in [0.4, 0.5) is 23.0 Å². The Morgan fingerprint density at radius 2 is 1.90 bits per heavy atom. The SMILES string of the molecule is CCCCN(C=O)c1ccc2c(c1)OC(C)(C)c1nc(Nc3cnc4c(c3)N(CCN(CC)CC)CCO4)ncc1-2. The molecule has 1 N–H and O–H groups in total. The zero-order valence-electron chi connectivity index (χ0n) is 24.8. The van der Waals surface area contributed by atoms with Crippen LogP contribution in [0, 0.1) is 0 Å². The first-order valence-electron chi connectivity index (χ1n) is 14.7. The molecule has 2 aromatic heterocycles. The fraction of sp³-hybridized carbons (Fsp3) is 0.484. The second-order valence-electron chi connectivity index (χ2n) is 10.9. The molecule has 0 unspecified atom stereocenters. The number of benzene rings is 1. The van der Waals surface area contributed by atoms with Crippen molar-refractivity contribution in [1.82, 2.24) is 19.9 Å². The van der Waals surface area contributed by atoms with Gasteiger partial charge in [-0.2, -0.15) is 0 Å². The van der Waals surface area contributed by atoms with E-state index in [1.807, 2.05) is 38.2 Å². The van der Waals surface area contributed by atoms with Crippen molar-refractivity contribution < 1.29 is 14.3 Å². The van der Waals surface area contributed by atoms with Crippen LogP contribution in [0.25, 0.3) is 11.1 Å². The van der Waals surface area contributed by atoms with E-state index >= 15 is 0 Å². The summed E-state index contributed by atoms with van der Waals surface area (Å²) >= 11 is 0. The van der Waals surface area contributed by atoms with Gasteiger partial charge >= 0.3 is 0 Å². The summed E-state index contributed by atoms with van der Waals surface area (Å²) in [7, 11) is 0. The summed E-state index contributed by atoms with van der Waals surface area (Å²) in [5.41, 5.74) is 4.51. The lowest BCUT2D eigenvalue weighted by Crippen LogP contribution is -2.39. The van der Waals surface area contributed by atoms with E-state index in [0.29, 0.717) is 25.0 Å². The van der Waals surface area contributed by atoms with Crippen molar-refractivity contribution in [3.63, 3.8) is 0 Å². The Morgan fingerprint density at radius 1 is 1.07 bits per heavy atom. The molecule has 2 aliphatic rings. The predicted octanol–water partition coefficient (Wildman–Crippen LogP) is 5.21. The average molecular weight is 560 g/mol. The van der Waals surface area contributed by atoms with Gasteiger partial charge in [0.2, 0.25) is 18.2 Å². The predicted molar refractivity (Wildman–Crippen MR) is 162 cm³/mol. The van der Waals surface area contributed by atoms with Crippen molar-refractivity contribution in [2.75, 3.05) is 61.0 Å². The minimum atomic E-state index is -0.696. The maximum Gasteiger partial charge on any atom is 0.237 e. The Morgan fingerprint density at radius 3 is 2.66 bits per heavy atom. The summed E-state index contributed by atoms with van der Waals surface area (Å²) in [6.07, 6.45) is 6.44. The molecular weight excluding hydrogens is 518 g/mol. The monoisotopic (exact) mass is 559 g/mol. The number of nitrogens with zero attached hydrogens (tertiary/aromatic N) is 6. The Balaban J connectivity index is 1.39. The van der Waals surface area contributed by atoms with Gasteiger partial charge in [0, 0.05) is 48.7 Å². The summed E-state index contributed by atoms with van der Waals surface area (Å²) in [5, 5.41) is 3.35. The first-order chi connectivity index (χ1) is 19.9. The van der Waals surface area contributed by atoms with E-state index in [2.05, 4.69) is 51.9 Å². The molecular formula is C31H41N7O3. The van der Waals surface area contributed by atoms with E-state index in [0.717, 1.165) is 91.6 Å². The number of likely N-dealkylation sites (N-methyl/N-ethyl adjacent to an activating group) is 1. The minimum Gasteiger partial charge on any atom is -0.481 e. The van der Waals surface area contributed by atoms with Gasteiger partial charge in [-0.15, -0.1) is 0 Å². The lowest BCUT2D eigenvalue weighted by atomic mass is 9.91. The first kappa shape index (κ1) is 28.6. The highest BCUT2D eigenvalue weighted by atomic mass is 16.5. The molecule has 1 aromatic carbocycles. The first-order valence-corrected chi connectivity index (χ1v) is 14.7. The van der Waals surface area contributed by atoms with Crippen LogP contribution < -0.4 is 24.6 Å². The molecule has 41 heavy (non-hydrogen) atoms. The number of rotatable bonds is 12.